The molecule has 6 nitrogen and oxygen atoms in total. The summed E-state index contributed by atoms with van der Waals surface area (Å²) in [5.41, 5.74) is 3.70. The number of hydrogen-bond donors (Lipinski definition) is 3. The van der Waals surface area contributed by atoms with Crippen molar-refractivity contribution in [2.24, 2.45) is 0 Å². The van der Waals surface area contributed by atoms with E-state index in [9.17, 15) is 13.6 Å². The predicted molar refractivity (Wildman–Crippen MR) is 124 cm³/mol. The van der Waals surface area contributed by atoms with E-state index in [1.807, 2.05) is 31.2 Å². The van der Waals surface area contributed by atoms with E-state index in [0.717, 1.165) is 11.1 Å². The number of nitrogens with one attached hydrogen (secondary N) is 3. The van der Waals surface area contributed by atoms with Crippen LogP contribution in [-0.4, -0.2) is 22.4 Å². The Morgan fingerprint density at radius 3 is 2.55 bits per heavy atom. The highest BCUT2D eigenvalue weighted by atomic mass is 31.0. The predicted octanol–water partition coefficient (Wildman–Crippen LogP) is 3.96. The smallest absolute Gasteiger partial charge is 0.273 e. The Hall–Kier alpha value is -2.99. The second kappa shape index (κ2) is 9.88. The second-order valence-electron chi connectivity index (χ2n) is 7.24. The molecule has 1 unspecified atom stereocenters. The third kappa shape index (κ3) is 6.49. The molecule has 0 saturated heterocycles. The fraction of sp³-hybridized carbons (Fsp3) is 0.273. The lowest BCUT2D eigenvalue weighted by Crippen LogP contribution is -2.31. The number of halogens is 2. The molecule has 1 heterocycles. The standard InChI is InChI=1S/C22H26F2N5OP/c1-15-6-3-4-8-17(15)13-27-21-28-19(11-20(30)29(21)25-2)14-26-18-9-5-7-16(10-18)12-22(23,24)31/h3-11,25-26H,12-14,31H2,1-2H3,(H,27,28). The highest BCUT2D eigenvalue weighted by molar-refractivity contribution is 7.18. The van der Waals surface area contributed by atoms with Crippen LogP contribution in [0.15, 0.2) is 59.4 Å². The van der Waals surface area contributed by atoms with Gasteiger partial charge >= 0.3 is 0 Å². The first-order valence-electron chi connectivity index (χ1n) is 9.84. The summed E-state index contributed by atoms with van der Waals surface area (Å²) < 4.78 is 27.8. The van der Waals surface area contributed by atoms with Gasteiger partial charge in [0, 0.05) is 31.8 Å². The molecule has 1 atom stereocenters. The van der Waals surface area contributed by atoms with Gasteiger partial charge in [0.05, 0.1) is 12.2 Å². The molecule has 0 saturated carbocycles. The molecule has 31 heavy (non-hydrogen) atoms. The first kappa shape index (κ1) is 22.7. The van der Waals surface area contributed by atoms with Gasteiger partial charge < -0.3 is 16.1 Å². The minimum atomic E-state index is -2.85. The summed E-state index contributed by atoms with van der Waals surface area (Å²) in [7, 11) is 3.20. The van der Waals surface area contributed by atoms with Crippen molar-refractivity contribution in [1.29, 1.82) is 0 Å². The Balaban J connectivity index is 1.74. The molecular formula is C22H26F2N5OP. The minimum absolute atomic E-state index is 0.252. The molecule has 3 aromatic rings. The lowest BCUT2D eigenvalue weighted by molar-refractivity contribution is 0.105. The number of benzene rings is 2. The van der Waals surface area contributed by atoms with Crippen LogP contribution in [-0.2, 0) is 19.5 Å². The van der Waals surface area contributed by atoms with Crippen LogP contribution in [0.2, 0.25) is 0 Å². The maximum absolute atomic E-state index is 13.3. The molecule has 0 radical (unpaired) electrons. The highest BCUT2D eigenvalue weighted by Gasteiger charge is 2.21. The van der Waals surface area contributed by atoms with Crippen molar-refractivity contribution in [3.05, 3.63) is 87.3 Å². The van der Waals surface area contributed by atoms with Gasteiger partial charge in [0.2, 0.25) is 5.95 Å². The number of hydrogen-bond acceptors (Lipinski definition) is 5. The molecule has 0 fully saturated rings. The Kier molecular flexibility index (Phi) is 7.23. The van der Waals surface area contributed by atoms with Crippen LogP contribution < -0.4 is 21.6 Å². The summed E-state index contributed by atoms with van der Waals surface area (Å²) in [6.45, 7) is 2.82. The second-order valence-corrected chi connectivity index (χ2v) is 8.08. The molecule has 0 aliphatic heterocycles. The molecule has 1 aromatic heterocycles. The van der Waals surface area contributed by atoms with E-state index in [4.69, 9.17) is 0 Å². The lowest BCUT2D eigenvalue weighted by atomic mass is 10.1. The van der Waals surface area contributed by atoms with Crippen LogP contribution in [0, 0.1) is 6.92 Å². The maximum atomic E-state index is 13.3. The number of nitrogens with zero attached hydrogens (tertiary/aromatic N) is 2. The summed E-state index contributed by atoms with van der Waals surface area (Å²) in [5.74, 6) is 0.395. The van der Waals surface area contributed by atoms with E-state index < -0.39 is 5.66 Å². The van der Waals surface area contributed by atoms with E-state index in [1.165, 1.54) is 10.7 Å². The fourth-order valence-electron chi connectivity index (χ4n) is 3.19. The van der Waals surface area contributed by atoms with Crippen molar-refractivity contribution in [2.75, 3.05) is 23.1 Å². The molecule has 164 valence electrons. The Bertz CT molecular complexity index is 1100. The molecular weight excluding hydrogens is 419 g/mol. The fourth-order valence-corrected chi connectivity index (χ4v) is 3.43. The first-order valence-corrected chi connectivity index (χ1v) is 10.4. The molecule has 0 aliphatic rings. The van der Waals surface area contributed by atoms with Crippen LogP contribution in [0.1, 0.15) is 22.4 Å². The van der Waals surface area contributed by atoms with Crippen molar-refractivity contribution in [3.8, 4) is 0 Å². The number of aromatic nitrogens is 2. The molecule has 3 N–H and O–H groups in total. The SMILES string of the molecule is CNn1c(NCc2ccccc2C)nc(CNc2cccc(CC(F)(F)P)c2)cc1=O. The summed E-state index contributed by atoms with van der Waals surface area (Å²) in [5, 5.41) is 6.36. The van der Waals surface area contributed by atoms with Gasteiger partial charge in [-0.3, -0.25) is 4.79 Å². The van der Waals surface area contributed by atoms with Crippen molar-refractivity contribution < 1.29 is 8.78 Å². The van der Waals surface area contributed by atoms with Gasteiger partial charge in [0.25, 0.3) is 11.2 Å². The number of anilines is 2. The number of rotatable bonds is 9. The average Bonchev–Trinajstić information content (AvgIpc) is 2.70. The van der Waals surface area contributed by atoms with Crippen molar-refractivity contribution in [1.82, 2.24) is 9.66 Å². The van der Waals surface area contributed by atoms with Crippen LogP contribution in [0.25, 0.3) is 0 Å². The zero-order valence-corrected chi connectivity index (χ0v) is 18.6. The van der Waals surface area contributed by atoms with Crippen LogP contribution in [0.5, 0.6) is 0 Å². The number of alkyl halides is 2. The minimum Gasteiger partial charge on any atom is -0.379 e. The van der Waals surface area contributed by atoms with Gasteiger partial charge in [-0.2, -0.15) is 4.68 Å². The normalized spacial score (nSPS) is 11.3. The molecule has 3 rings (SSSR count). The summed E-state index contributed by atoms with van der Waals surface area (Å²) >= 11 is 0. The van der Waals surface area contributed by atoms with Gasteiger partial charge in [-0.1, -0.05) is 45.6 Å². The summed E-state index contributed by atoms with van der Waals surface area (Å²) in [6, 6.07) is 16.2. The summed E-state index contributed by atoms with van der Waals surface area (Å²) in [6.07, 6.45) is -0.364. The van der Waals surface area contributed by atoms with E-state index >= 15 is 0 Å². The molecule has 9 heteroatoms. The van der Waals surface area contributed by atoms with E-state index in [1.54, 1.807) is 40.6 Å². The highest BCUT2D eigenvalue weighted by Crippen LogP contribution is 2.27. The van der Waals surface area contributed by atoms with Gasteiger partial charge in [-0.15, -0.1) is 0 Å². The zero-order valence-electron chi connectivity index (χ0n) is 17.5. The van der Waals surface area contributed by atoms with Crippen LogP contribution in [0.4, 0.5) is 20.4 Å². The quantitative estimate of drug-likeness (QED) is 0.435. The molecule has 2 aromatic carbocycles. The van der Waals surface area contributed by atoms with Crippen molar-refractivity contribution >= 4 is 20.9 Å². The topological polar surface area (TPSA) is 71.0 Å². The van der Waals surface area contributed by atoms with E-state index in [0.29, 0.717) is 29.4 Å². The Labute approximate surface area is 182 Å². The maximum Gasteiger partial charge on any atom is 0.273 e. The lowest BCUT2D eigenvalue weighted by Gasteiger charge is -2.16. The summed E-state index contributed by atoms with van der Waals surface area (Å²) in [4.78, 5) is 17.0. The zero-order chi connectivity index (χ0) is 22.4. The Morgan fingerprint density at radius 1 is 1.06 bits per heavy atom. The Morgan fingerprint density at radius 2 is 1.84 bits per heavy atom. The average molecular weight is 445 g/mol. The number of aryl methyl sites for hydroxylation is 1. The molecule has 0 aliphatic carbocycles. The van der Waals surface area contributed by atoms with Gasteiger partial charge in [-0.25, -0.2) is 13.8 Å². The van der Waals surface area contributed by atoms with Crippen molar-refractivity contribution in [3.63, 3.8) is 0 Å². The van der Waals surface area contributed by atoms with E-state index in [-0.39, 0.29) is 18.5 Å². The first-order chi connectivity index (χ1) is 14.7. The van der Waals surface area contributed by atoms with Gasteiger partial charge in [-0.05, 0) is 35.7 Å². The molecule has 0 spiro atoms. The monoisotopic (exact) mass is 445 g/mol. The van der Waals surface area contributed by atoms with E-state index in [2.05, 4.69) is 21.0 Å². The van der Waals surface area contributed by atoms with Crippen LogP contribution in [0.3, 0.4) is 0 Å². The third-order valence-electron chi connectivity index (χ3n) is 4.73. The third-order valence-corrected chi connectivity index (χ3v) is 4.94. The van der Waals surface area contributed by atoms with Gasteiger partial charge in [0.1, 0.15) is 0 Å². The molecule has 0 bridgehead atoms. The van der Waals surface area contributed by atoms with Gasteiger partial charge in [0.15, 0.2) is 0 Å². The largest absolute Gasteiger partial charge is 0.379 e. The molecule has 0 amide bonds. The van der Waals surface area contributed by atoms with Crippen LogP contribution >= 0.6 is 9.24 Å². The van der Waals surface area contributed by atoms with Crippen molar-refractivity contribution in [2.45, 2.75) is 32.1 Å².